The third-order valence-corrected chi connectivity index (χ3v) is 5.13. The molecule has 0 radical (unpaired) electrons. The number of carbonyl (C=O) groups is 1. The van der Waals surface area contributed by atoms with Crippen molar-refractivity contribution in [2.75, 3.05) is 0 Å². The molecule has 0 bridgehead atoms. The Morgan fingerprint density at radius 1 is 0.917 bits per heavy atom. The maximum atomic E-state index is 13.5. The van der Waals surface area contributed by atoms with E-state index in [-0.39, 0.29) is 28.1 Å². The summed E-state index contributed by atoms with van der Waals surface area (Å²) in [7, 11) is 0. The van der Waals surface area contributed by atoms with E-state index >= 15 is 0 Å². The molecule has 0 fully saturated rings. The molecule has 186 valence electrons. The molecule has 36 heavy (non-hydrogen) atoms. The second kappa shape index (κ2) is 9.10. The summed E-state index contributed by atoms with van der Waals surface area (Å²) >= 11 is 0. The van der Waals surface area contributed by atoms with Gasteiger partial charge in [-0.2, -0.15) is 26.3 Å². The molecule has 4 aromatic rings. The van der Waals surface area contributed by atoms with Gasteiger partial charge in [-0.25, -0.2) is 14.2 Å². The van der Waals surface area contributed by atoms with Gasteiger partial charge in [-0.05, 0) is 47.5 Å². The molecule has 0 atom stereocenters. The van der Waals surface area contributed by atoms with Crippen molar-refractivity contribution in [1.29, 1.82) is 0 Å². The van der Waals surface area contributed by atoms with Gasteiger partial charge in [0, 0.05) is 23.7 Å². The van der Waals surface area contributed by atoms with Crippen LogP contribution in [0.3, 0.4) is 0 Å². The number of carbonyl (C=O) groups excluding carboxylic acids is 1. The van der Waals surface area contributed by atoms with Crippen LogP contribution in [-0.4, -0.2) is 10.9 Å². The molecule has 0 saturated carbocycles. The van der Waals surface area contributed by atoms with Crippen molar-refractivity contribution in [3.63, 3.8) is 0 Å². The Labute approximate surface area is 197 Å². The van der Waals surface area contributed by atoms with Crippen LogP contribution in [0.4, 0.5) is 30.7 Å². The molecule has 2 heterocycles. The molecule has 0 unspecified atom stereocenters. The molecular formula is C24H13F7N2O3. The van der Waals surface area contributed by atoms with E-state index in [0.717, 1.165) is 12.1 Å². The molecule has 5 nitrogen and oxygen atoms in total. The predicted molar refractivity (Wildman–Crippen MR) is 113 cm³/mol. The Morgan fingerprint density at radius 2 is 1.53 bits per heavy atom. The van der Waals surface area contributed by atoms with Gasteiger partial charge in [-0.3, -0.25) is 4.79 Å². The first-order chi connectivity index (χ1) is 16.8. The number of nitrogens with zero attached hydrogens (tertiary/aromatic N) is 1. The van der Waals surface area contributed by atoms with Gasteiger partial charge in [0.25, 0.3) is 5.91 Å². The predicted octanol–water partition coefficient (Wildman–Crippen LogP) is 5.96. The zero-order chi connectivity index (χ0) is 26.3. The first kappa shape index (κ1) is 24.9. The highest BCUT2D eigenvalue weighted by atomic mass is 19.4. The summed E-state index contributed by atoms with van der Waals surface area (Å²) in [6.45, 7) is -0.747. The molecule has 0 aliphatic heterocycles. The highest BCUT2D eigenvalue weighted by Gasteiger charge is 2.37. The van der Waals surface area contributed by atoms with Crippen LogP contribution in [0.25, 0.3) is 22.0 Å². The molecule has 12 heteroatoms. The molecule has 0 aliphatic carbocycles. The topological polar surface area (TPSA) is 72.2 Å². The van der Waals surface area contributed by atoms with Gasteiger partial charge in [-0.15, -0.1) is 0 Å². The van der Waals surface area contributed by atoms with E-state index in [1.807, 2.05) is 0 Å². The first-order valence-corrected chi connectivity index (χ1v) is 10.1. The Bertz CT molecular complexity index is 1480. The number of halogens is 7. The van der Waals surface area contributed by atoms with Crippen molar-refractivity contribution in [1.82, 2.24) is 10.3 Å². The number of hydrogen-bond acceptors (Lipinski definition) is 4. The number of rotatable bonds is 4. The fourth-order valence-electron chi connectivity index (χ4n) is 3.53. The molecule has 1 amide bonds. The molecule has 2 aromatic carbocycles. The Kier molecular flexibility index (Phi) is 6.29. The van der Waals surface area contributed by atoms with Crippen LogP contribution in [0.2, 0.25) is 0 Å². The molecule has 4 rings (SSSR count). The zero-order valence-corrected chi connectivity index (χ0v) is 17.8. The third kappa shape index (κ3) is 5.07. The average molecular weight is 510 g/mol. The quantitative estimate of drug-likeness (QED) is 0.344. The lowest BCUT2D eigenvalue weighted by molar-refractivity contribution is -0.143. The number of pyridine rings is 1. The fourth-order valence-corrected chi connectivity index (χ4v) is 3.53. The van der Waals surface area contributed by atoms with Crippen LogP contribution in [0.15, 0.2) is 70.0 Å². The van der Waals surface area contributed by atoms with Crippen LogP contribution >= 0.6 is 0 Å². The van der Waals surface area contributed by atoms with E-state index in [1.165, 1.54) is 30.5 Å². The molecule has 0 aliphatic rings. The maximum absolute atomic E-state index is 13.5. The van der Waals surface area contributed by atoms with Gasteiger partial charge in [0.2, 0.25) is 5.76 Å². The number of hydrogen-bond donors (Lipinski definition) is 1. The lowest BCUT2D eigenvalue weighted by atomic mass is 9.99. The van der Waals surface area contributed by atoms with Crippen molar-refractivity contribution < 1.29 is 39.9 Å². The minimum Gasteiger partial charge on any atom is -0.415 e. The highest BCUT2D eigenvalue weighted by molar-refractivity contribution is 6.06. The summed E-state index contributed by atoms with van der Waals surface area (Å²) in [6.07, 6.45) is -8.82. The van der Waals surface area contributed by atoms with Crippen LogP contribution in [0.1, 0.15) is 27.2 Å². The van der Waals surface area contributed by atoms with E-state index < -0.39 is 58.7 Å². The monoisotopic (exact) mass is 510 g/mol. The van der Waals surface area contributed by atoms with Crippen molar-refractivity contribution >= 4 is 16.8 Å². The third-order valence-electron chi connectivity index (χ3n) is 5.13. The normalized spacial score (nSPS) is 12.1. The van der Waals surface area contributed by atoms with Crippen LogP contribution in [-0.2, 0) is 18.9 Å². The number of benzene rings is 2. The second-order valence-electron chi connectivity index (χ2n) is 7.60. The molecule has 0 spiro atoms. The van der Waals surface area contributed by atoms with Crippen molar-refractivity contribution in [3.8, 4) is 11.1 Å². The van der Waals surface area contributed by atoms with Crippen LogP contribution in [0.5, 0.6) is 0 Å². The van der Waals surface area contributed by atoms with Gasteiger partial charge >= 0.3 is 18.0 Å². The first-order valence-electron chi connectivity index (χ1n) is 10.1. The summed E-state index contributed by atoms with van der Waals surface area (Å²) in [4.78, 5) is 29.3. The fraction of sp³-hybridized carbons (Fsp3) is 0.125. The van der Waals surface area contributed by atoms with Crippen molar-refractivity contribution in [3.05, 3.63) is 99.5 Å². The average Bonchev–Trinajstić information content (AvgIpc) is 2.82. The van der Waals surface area contributed by atoms with Crippen molar-refractivity contribution in [2.45, 2.75) is 18.9 Å². The Balaban J connectivity index is 1.76. The lowest BCUT2D eigenvalue weighted by Gasteiger charge is -2.15. The molecule has 0 saturated heterocycles. The summed E-state index contributed by atoms with van der Waals surface area (Å²) in [5.74, 6) is -2.26. The molecule has 2 aromatic heterocycles. The van der Waals surface area contributed by atoms with Gasteiger partial charge in [0.05, 0.1) is 11.1 Å². The number of fused-ring (bicyclic) bond motifs is 1. The highest BCUT2D eigenvalue weighted by Crippen LogP contribution is 2.36. The van der Waals surface area contributed by atoms with E-state index in [2.05, 4.69) is 10.3 Å². The smallest absolute Gasteiger partial charge is 0.415 e. The molecule has 1 N–H and O–H groups in total. The van der Waals surface area contributed by atoms with Gasteiger partial charge in [-0.1, -0.05) is 18.2 Å². The number of aromatic nitrogens is 1. The van der Waals surface area contributed by atoms with E-state index in [9.17, 15) is 40.3 Å². The minimum atomic E-state index is -5.06. The van der Waals surface area contributed by atoms with E-state index in [0.29, 0.717) is 12.1 Å². The summed E-state index contributed by atoms with van der Waals surface area (Å²) < 4.78 is 97.3. The number of amides is 1. The van der Waals surface area contributed by atoms with Crippen molar-refractivity contribution in [2.24, 2.45) is 0 Å². The summed E-state index contributed by atoms with van der Waals surface area (Å²) in [5, 5.41) is 2.36. The van der Waals surface area contributed by atoms with E-state index in [4.69, 9.17) is 4.42 Å². The largest absolute Gasteiger partial charge is 0.416 e. The summed E-state index contributed by atoms with van der Waals surface area (Å²) in [5.41, 5.74) is -4.43. The standard InChI is InChI=1S/C24H13F7N2O3/c25-16-5-3-13(4-6-16)18-17-2-1-7-32-19(17)22(35)36-20(18)21(34)33-11-12-8-14(23(26,27)28)10-15(9-12)24(29,30)31/h1-10H,11H2,(H,33,34). The van der Waals surface area contributed by atoms with Gasteiger partial charge in [0.15, 0.2) is 5.52 Å². The van der Waals surface area contributed by atoms with Gasteiger partial charge < -0.3 is 9.73 Å². The van der Waals surface area contributed by atoms with Crippen LogP contribution in [0, 0.1) is 5.82 Å². The SMILES string of the molecule is O=C(NCc1cc(C(F)(F)F)cc(C(F)(F)F)c1)c1oc(=O)c2ncccc2c1-c1ccc(F)cc1. The molecular weight excluding hydrogens is 497 g/mol. The number of nitrogens with one attached hydrogen (secondary N) is 1. The Hall–Kier alpha value is -4.22. The Morgan fingerprint density at radius 3 is 2.11 bits per heavy atom. The second-order valence-corrected chi connectivity index (χ2v) is 7.60. The lowest BCUT2D eigenvalue weighted by Crippen LogP contribution is -2.25. The van der Waals surface area contributed by atoms with Gasteiger partial charge in [0.1, 0.15) is 5.82 Å². The zero-order valence-electron chi connectivity index (χ0n) is 17.8. The summed E-state index contributed by atoms with van der Waals surface area (Å²) in [6, 6.07) is 8.61. The van der Waals surface area contributed by atoms with Crippen LogP contribution < -0.4 is 10.9 Å². The number of alkyl halides is 6. The minimum absolute atomic E-state index is 0.0344. The van der Waals surface area contributed by atoms with E-state index in [1.54, 1.807) is 0 Å². The maximum Gasteiger partial charge on any atom is 0.416 e.